The molecule has 1 aromatic carbocycles. The van der Waals surface area contributed by atoms with Gasteiger partial charge < -0.3 is 5.32 Å². The van der Waals surface area contributed by atoms with E-state index >= 15 is 0 Å². The fraction of sp³-hybridized carbons (Fsp3) is 0.385. The Morgan fingerprint density at radius 1 is 1.41 bits per heavy atom. The van der Waals surface area contributed by atoms with Crippen molar-refractivity contribution in [2.45, 2.75) is 25.8 Å². The molecule has 0 spiro atoms. The van der Waals surface area contributed by atoms with E-state index in [4.69, 9.17) is 11.6 Å². The Balaban J connectivity index is 2.99. The van der Waals surface area contributed by atoms with Gasteiger partial charge in [-0.15, -0.1) is 6.58 Å². The van der Waals surface area contributed by atoms with Crippen molar-refractivity contribution >= 4 is 11.6 Å². The van der Waals surface area contributed by atoms with Gasteiger partial charge >= 0.3 is 0 Å². The summed E-state index contributed by atoms with van der Waals surface area (Å²) in [7, 11) is 0. The van der Waals surface area contributed by atoms with E-state index in [0.717, 1.165) is 18.6 Å². The predicted molar refractivity (Wildman–Crippen MR) is 67.2 cm³/mol. The van der Waals surface area contributed by atoms with Crippen molar-refractivity contribution in [3.8, 4) is 0 Å². The number of hydrogen-bond donors (Lipinski definition) is 1. The monoisotopic (exact) mass is 259 g/mol. The molecule has 1 aromatic rings. The highest BCUT2D eigenvalue weighted by atomic mass is 35.5. The van der Waals surface area contributed by atoms with Crippen LogP contribution in [-0.4, -0.2) is 6.54 Å². The molecule has 0 aliphatic carbocycles. The summed E-state index contributed by atoms with van der Waals surface area (Å²) in [6, 6.07) is 1.96. The van der Waals surface area contributed by atoms with Crippen LogP contribution in [0.5, 0.6) is 0 Å². The molecule has 17 heavy (non-hydrogen) atoms. The number of halogens is 3. The molecule has 1 unspecified atom stereocenters. The zero-order valence-corrected chi connectivity index (χ0v) is 10.5. The van der Waals surface area contributed by atoms with E-state index in [0.29, 0.717) is 18.5 Å². The Bertz CT molecular complexity index is 393. The highest BCUT2D eigenvalue weighted by Crippen LogP contribution is 2.26. The van der Waals surface area contributed by atoms with Gasteiger partial charge in [-0.1, -0.05) is 24.6 Å². The zero-order chi connectivity index (χ0) is 12.8. The Morgan fingerprint density at radius 3 is 2.71 bits per heavy atom. The fourth-order valence-electron chi connectivity index (χ4n) is 1.70. The molecule has 0 heterocycles. The lowest BCUT2D eigenvalue weighted by Gasteiger charge is -2.18. The second-order valence-corrected chi connectivity index (χ2v) is 4.17. The van der Waals surface area contributed by atoms with Gasteiger partial charge in [-0.2, -0.15) is 0 Å². The van der Waals surface area contributed by atoms with Crippen LogP contribution < -0.4 is 5.32 Å². The topological polar surface area (TPSA) is 12.0 Å². The lowest BCUT2D eigenvalue weighted by atomic mass is 10.0. The minimum Gasteiger partial charge on any atom is -0.310 e. The van der Waals surface area contributed by atoms with E-state index < -0.39 is 11.6 Å². The first-order valence-electron chi connectivity index (χ1n) is 5.58. The highest BCUT2D eigenvalue weighted by molar-refractivity contribution is 6.30. The standard InChI is InChI=1S/C13H16ClF2N/c1-3-5-6-13(17-4-2)9-7-12(16)10(14)8-11(9)15/h3,7-8,13,17H,1,4-6H2,2H3. The number of rotatable bonds is 6. The van der Waals surface area contributed by atoms with Crippen molar-refractivity contribution in [1.29, 1.82) is 0 Å². The summed E-state index contributed by atoms with van der Waals surface area (Å²) in [4.78, 5) is 0. The molecule has 1 nitrogen and oxygen atoms in total. The van der Waals surface area contributed by atoms with Gasteiger partial charge in [-0.3, -0.25) is 0 Å². The van der Waals surface area contributed by atoms with E-state index in [1.54, 1.807) is 6.08 Å². The number of benzene rings is 1. The molecular formula is C13H16ClF2N. The van der Waals surface area contributed by atoms with Crippen LogP contribution in [-0.2, 0) is 0 Å². The van der Waals surface area contributed by atoms with Gasteiger partial charge in [0.25, 0.3) is 0 Å². The Hall–Kier alpha value is -0.930. The lowest BCUT2D eigenvalue weighted by molar-refractivity contribution is 0.482. The van der Waals surface area contributed by atoms with Crippen LogP contribution in [0.15, 0.2) is 24.8 Å². The van der Waals surface area contributed by atoms with Crippen LogP contribution in [0.4, 0.5) is 8.78 Å². The maximum absolute atomic E-state index is 13.7. The van der Waals surface area contributed by atoms with E-state index in [9.17, 15) is 8.78 Å². The van der Waals surface area contributed by atoms with Crippen molar-refractivity contribution in [3.63, 3.8) is 0 Å². The summed E-state index contributed by atoms with van der Waals surface area (Å²) in [5, 5.41) is 2.93. The number of allylic oxidation sites excluding steroid dienone is 1. The van der Waals surface area contributed by atoms with Crippen LogP contribution in [0.2, 0.25) is 5.02 Å². The third kappa shape index (κ3) is 3.79. The predicted octanol–water partition coefficient (Wildman–Crippen LogP) is 4.24. The average molecular weight is 260 g/mol. The van der Waals surface area contributed by atoms with E-state index in [-0.39, 0.29) is 11.1 Å². The molecule has 94 valence electrons. The SMILES string of the molecule is C=CCCC(NCC)c1cc(F)c(Cl)cc1F. The molecule has 1 rings (SSSR count). The largest absolute Gasteiger partial charge is 0.310 e. The van der Waals surface area contributed by atoms with E-state index in [1.807, 2.05) is 6.92 Å². The lowest BCUT2D eigenvalue weighted by Crippen LogP contribution is -2.22. The van der Waals surface area contributed by atoms with Gasteiger partial charge in [-0.25, -0.2) is 8.78 Å². The molecule has 1 atom stereocenters. The summed E-state index contributed by atoms with van der Waals surface area (Å²) >= 11 is 5.52. The molecule has 0 fully saturated rings. The first-order chi connectivity index (χ1) is 8.10. The molecule has 0 bridgehead atoms. The second kappa shape index (κ2) is 6.72. The van der Waals surface area contributed by atoms with Gasteiger partial charge in [0.1, 0.15) is 11.6 Å². The number of hydrogen-bond acceptors (Lipinski definition) is 1. The third-order valence-electron chi connectivity index (χ3n) is 2.53. The first-order valence-corrected chi connectivity index (χ1v) is 5.96. The average Bonchev–Trinajstić information content (AvgIpc) is 2.29. The molecule has 0 aliphatic rings. The summed E-state index contributed by atoms with van der Waals surface area (Å²) in [5.74, 6) is -1.07. The second-order valence-electron chi connectivity index (χ2n) is 3.76. The number of nitrogens with one attached hydrogen (secondary N) is 1. The Kier molecular flexibility index (Phi) is 5.59. The molecule has 0 saturated carbocycles. The van der Waals surface area contributed by atoms with Crippen molar-refractivity contribution in [2.24, 2.45) is 0 Å². The molecule has 0 aromatic heterocycles. The summed E-state index contributed by atoms with van der Waals surface area (Å²) in [6.07, 6.45) is 3.17. The Labute approximate surface area is 105 Å². The molecule has 0 saturated heterocycles. The van der Waals surface area contributed by atoms with Gasteiger partial charge in [0.2, 0.25) is 0 Å². The quantitative estimate of drug-likeness (QED) is 0.595. The van der Waals surface area contributed by atoms with Crippen molar-refractivity contribution in [2.75, 3.05) is 6.54 Å². The smallest absolute Gasteiger partial charge is 0.142 e. The maximum atomic E-state index is 13.7. The third-order valence-corrected chi connectivity index (χ3v) is 2.81. The minimum atomic E-state index is -0.593. The van der Waals surface area contributed by atoms with Crippen LogP contribution >= 0.6 is 11.6 Å². The van der Waals surface area contributed by atoms with Crippen LogP contribution in [0, 0.1) is 11.6 Å². The molecule has 4 heteroatoms. The van der Waals surface area contributed by atoms with Gasteiger partial charge in [-0.05, 0) is 31.5 Å². The van der Waals surface area contributed by atoms with E-state index in [1.165, 1.54) is 0 Å². The fourth-order valence-corrected chi connectivity index (χ4v) is 1.85. The minimum absolute atomic E-state index is 0.190. The first kappa shape index (κ1) is 14.1. The van der Waals surface area contributed by atoms with Crippen LogP contribution in [0.1, 0.15) is 31.4 Å². The van der Waals surface area contributed by atoms with Gasteiger partial charge in [0.15, 0.2) is 0 Å². The highest BCUT2D eigenvalue weighted by Gasteiger charge is 2.16. The normalized spacial score (nSPS) is 12.5. The van der Waals surface area contributed by atoms with Crippen LogP contribution in [0.25, 0.3) is 0 Å². The summed E-state index contributed by atoms with van der Waals surface area (Å²) in [6.45, 7) is 6.23. The van der Waals surface area contributed by atoms with Crippen molar-refractivity contribution in [1.82, 2.24) is 5.32 Å². The molecule has 0 aliphatic heterocycles. The van der Waals surface area contributed by atoms with E-state index in [2.05, 4.69) is 11.9 Å². The van der Waals surface area contributed by atoms with Gasteiger partial charge in [0.05, 0.1) is 5.02 Å². The molecule has 0 radical (unpaired) electrons. The maximum Gasteiger partial charge on any atom is 0.142 e. The Morgan fingerprint density at radius 2 is 2.12 bits per heavy atom. The van der Waals surface area contributed by atoms with Gasteiger partial charge in [0, 0.05) is 11.6 Å². The zero-order valence-electron chi connectivity index (χ0n) is 9.77. The molecule has 0 amide bonds. The molecule has 1 N–H and O–H groups in total. The summed E-state index contributed by atoms with van der Waals surface area (Å²) in [5.41, 5.74) is 0.315. The van der Waals surface area contributed by atoms with Crippen LogP contribution in [0.3, 0.4) is 0 Å². The summed E-state index contributed by atoms with van der Waals surface area (Å²) < 4.78 is 27.0. The van der Waals surface area contributed by atoms with Crippen molar-refractivity contribution < 1.29 is 8.78 Å². The van der Waals surface area contributed by atoms with Crippen molar-refractivity contribution in [3.05, 3.63) is 47.0 Å². The molecular weight excluding hydrogens is 244 g/mol.